The fraction of sp³-hybridized carbons (Fsp3) is 0.111. The van der Waals surface area contributed by atoms with Gasteiger partial charge in [-0.05, 0) is 76.1 Å². The van der Waals surface area contributed by atoms with Crippen molar-refractivity contribution >= 4 is 51.2 Å². The molecule has 0 aliphatic carbocycles. The largest absolute Gasteiger partial charge is 0.493 e. The number of hydrogen-bond donors (Lipinski definition) is 2. The molecule has 2 N–H and O–H groups in total. The molecular weight excluding hydrogens is 561 g/mol. The first-order valence-corrected chi connectivity index (χ1v) is 11.7. The van der Waals surface area contributed by atoms with Crippen molar-refractivity contribution in [2.24, 2.45) is 0 Å². The fourth-order valence-electron chi connectivity index (χ4n) is 3.17. The second-order valence-electron chi connectivity index (χ2n) is 7.54. The van der Waals surface area contributed by atoms with E-state index in [4.69, 9.17) is 9.47 Å². The van der Waals surface area contributed by atoms with Crippen LogP contribution in [-0.4, -0.2) is 38.6 Å². The summed E-state index contributed by atoms with van der Waals surface area (Å²) in [6, 6.07) is 16.7. The average Bonchev–Trinajstić information content (AvgIpc) is 2.91. The second-order valence-corrected chi connectivity index (χ2v) is 8.40. The molecule has 3 rings (SSSR count). The van der Waals surface area contributed by atoms with E-state index in [0.717, 1.165) is 0 Å². The summed E-state index contributed by atoms with van der Waals surface area (Å²) < 4.78 is 29.7. The third-order valence-electron chi connectivity index (χ3n) is 4.99. The Kier molecular flexibility index (Phi) is 9.56. The SMILES string of the molecule is COC(=O)c1ccc(NC(=O)/C(C#N)=C\c2cc(Br)c(OCC(=O)Nc3ccccc3F)c(OC)c2)cc1. The van der Waals surface area contributed by atoms with Gasteiger partial charge in [-0.3, -0.25) is 9.59 Å². The van der Waals surface area contributed by atoms with E-state index in [-0.39, 0.29) is 22.8 Å². The second kappa shape index (κ2) is 13.0. The molecule has 194 valence electrons. The molecule has 0 atom stereocenters. The van der Waals surface area contributed by atoms with Crippen LogP contribution in [0.15, 0.2) is 70.7 Å². The zero-order valence-corrected chi connectivity index (χ0v) is 21.8. The number of esters is 1. The number of nitrogens with zero attached hydrogens (tertiary/aromatic N) is 1. The summed E-state index contributed by atoms with van der Waals surface area (Å²) in [5.74, 6) is -1.93. The molecule has 0 aliphatic rings. The Labute approximate surface area is 225 Å². The van der Waals surface area contributed by atoms with Gasteiger partial charge in [-0.2, -0.15) is 5.26 Å². The molecule has 0 saturated carbocycles. The van der Waals surface area contributed by atoms with Crippen molar-refractivity contribution in [1.82, 2.24) is 0 Å². The van der Waals surface area contributed by atoms with E-state index < -0.39 is 30.2 Å². The zero-order valence-electron chi connectivity index (χ0n) is 20.2. The van der Waals surface area contributed by atoms with Gasteiger partial charge in [0.2, 0.25) is 0 Å². The normalized spacial score (nSPS) is 10.7. The van der Waals surface area contributed by atoms with E-state index in [1.807, 2.05) is 6.07 Å². The van der Waals surface area contributed by atoms with Crippen LogP contribution >= 0.6 is 15.9 Å². The minimum atomic E-state index is -0.668. The molecule has 0 radical (unpaired) electrons. The number of amides is 2. The summed E-state index contributed by atoms with van der Waals surface area (Å²) in [6.07, 6.45) is 1.35. The molecule has 0 fully saturated rings. The number of carbonyl (C=O) groups is 3. The van der Waals surface area contributed by atoms with Crippen LogP contribution in [0.1, 0.15) is 15.9 Å². The highest BCUT2D eigenvalue weighted by Crippen LogP contribution is 2.37. The van der Waals surface area contributed by atoms with E-state index in [1.54, 1.807) is 12.1 Å². The number of hydrogen-bond acceptors (Lipinski definition) is 7. The Morgan fingerprint density at radius 3 is 2.39 bits per heavy atom. The van der Waals surface area contributed by atoms with Gasteiger partial charge in [-0.25, -0.2) is 9.18 Å². The number of ether oxygens (including phenoxy) is 3. The predicted octanol–water partition coefficient (Wildman–Crippen LogP) is 4.95. The van der Waals surface area contributed by atoms with E-state index in [2.05, 4.69) is 31.3 Å². The van der Waals surface area contributed by atoms with E-state index in [9.17, 15) is 24.0 Å². The molecule has 0 bridgehead atoms. The van der Waals surface area contributed by atoms with Crippen LogP contribution in [0.2, 0.25) is 0 Å². The molecule has 0 heterocycles. The number of rotatable bonds is 9. The van der Waals surface area contributed by atoms with Gasteiger partial charge in [0.1, 0.15) is 17.5 Å². The van der Waals surface area contributed by atoms with Crippen LogP contribution in [0, 0.1) is 17.1 Å². The zero-order chi connectivity index (χ0) is 27.7. The molecule has 11 heteroatoms. The molecule has 0 saturated heterocycles. The van der Waals surface area contributed by atoms with Crippen molar-refractivity contribution in [3.63, 3.8) is 0 Å². The molecule has 3 aromatic carbocycles. The van der Waals surface area contributed by atoms with Gasteiger partial charge in [0, 0.05) is 5.69 Å². The first-order chi connectivity index (χ1) is 18.2. The van der Waals surface area contributed by atoms with Gasteiger partial charge in [0.25, 0.3) is 11.8 Å². The Balaban J connectivity index is 1.72. The van der Waals surface area contributed by atoms with Gasteiger partial charge in [-0.1, -0.05) is 12.1 Å². The monoisotopic (exact) mass is 581 g/mol. The van der Waals surface area contributed by atoms with Crippen molar-refractivity contribution in [2.45, 2.75) is 0 Å². The van der Waals surface area contributed by atoms with Crippen LogP contribution in [0.3, 0.4) is 0 Å². The van der Waals surface area contributed by atoms with Gasteiger partial charge in [0.15, 0.2) is 18.1 Å². The summed E-state index contributed by atoms with van der Waals surface area (Å²) in [7, 11) is 2.65. The van der Waals surface area contributed by atoms with Crippen molar-refractivity contribution < 1.29 is 33.0 Å². The summed E-state index contributed by atoms with van der Waals surface area (Å²) in [5.41, 5.74) is 0.943. The topological polar surface area (TPSA) is 127 Å². The Morgan fingerprint density at radius 1 is 1.05 bits per heavy atom. The molecule has 0 spiro atoms. The average molecular weight is 582 g/mol. The van der Waals surface area contributed by atoms with Crippen LogP contribution < -0.4 is 20.1 Å². The third-order valence-corrected chi connectivity index (χ3v) is 5.58. The maximum atomic E-state index is 13.8. The summed E-state index contributed by atoms with van der Waals surface area (Å²) in [5, 5.41) is 14.5. The lowest BCUT2D eigenvalue weighted by Crippen LogP contribution is -2.21. The standard InChI is InChI=1S/C27H21BrFN3O6/c1-36-23-13-16(11-18(14-30)26(34)31-19-9-7-17(8-10-19)27(35)37-2)12-20(28)25(23)38-15-24(33)32-22-6-4-3-5-21(22)29/h3-13H,15H2,1-2H3,(H,31,34)(H,32,33)/b18-11-. The first kappa shape index (κ1) is 27.9. The third kappa shape index (κ3) is 7.18. The van der Waals surface area contributed by atoms with Crippen LogP contribution in [0.4, 0.5) is 15.8 Å². The Morgan fingerprint density at radius 2 is 1.76 bits per heavy atom. The summed E-state index contributed by atoms with van der Waals surface area (Å²) >= 11 is 3.35. The lowest BCUT2D eigenvalue weighted by atomic mass is 10.1. The summed E-state index contributed by atoms with van der Waals surface area (Å²) in [4.78, 5) is 36.4. The van der Waals surface area contributed by atoms with Crippen molar-refractivity contribution in [1.29, 1.82) is 5.26 Å². The number of halogens is 2. The van der Waals surface area contributed by atoms with Crippen molar-refractivity contribution in [3.8, 4) is 17.6 Å². The minimum Gasteiger partial charge on any atom is -0.493 e. The number of nitrogens with one attached hydrogen (secondary N) is 2. The van der Waals surface area contributed by atoms with Gasteiger partial charge in [-0.15, -0.1) is 0 Å². The Bertz CT molecular complexity index is 1430. The maximum Gasteiger partial charge on any atom is 0.337 e. The first-order valence-electron chi connectivity index (χ1n) is 10.9. The van der Waals surface area contributed by atoms with Crippen molar-refractivity contribution in [3.05, 3.63) is 87.7 Å². The number of para-hydroxylation sites is 1. The number of carbonyl (C=O) groups excluding carboxylic acids is 3. The van der Waals surface area contributed by atoms with E-state index in [0.29, 0.717) is 21.3 Å². The highest BCUT2D eigenvalue weighted by Gasteiger charge is 2.16. The lowest BCUT2D eigenvalue weighted by molar-refractivity contribution is -0.118. The molecule has 9 nitrogen and oxygen atoms in total. The number of nitriles is 1. The highest BCUT2D eigenvalue weighted by molar-refractivity contribution is 9.10. The molecule has 0 unspecified atom stereocenters. The number of methoxy groups -OCH3 is 2. The summed E-state index contributed by atoms with van der Waals surface area (Å²) in [6.45, 7) is -0.431. The molecule has 0 aromatic heterocycles. The molecular formula is C27H21BrFN3O6. The Hall–Kier alpha value is -4.69. The molecule has 0 aliphatic heterocycles. The van der Waals surface area contributed by atoms with Crippen molar-refractivity contribution in [2.75, 3.05) is 31.5 Å². The van der Waals surface area contributed by atoms with Crippen LogP contribution in [0.25, 0.3) is 6.08 Å². The smallest absolute Gasteiger partial charge is 0.337 e. The number of benzene rings is 3. The lowest BCUT2D eigenvalue weighted by Gasteiger charge is -2.14. The maximum absolute atomic E-state index is 13.8. The van der Waals surface area contributed by atoms with E-state index in [1.165, 1.54) is 68.8 Å². The van der Waals surface area contributed by atoms with Crippen LogP contribution in [-0.2, 0) is 14.3 Å². The number of anilines is 2. The predicted molar refractivity (Wildman–Crippen MR) is 141 cm³/mol. The molecule has 2 amide bonds. The van der Waals surface area contributed by atoms with Gasteiger partial charge in [0.05, 0.1) is 29.9 Å². The minimum absolute atomic E-state index is 0.0225. The fourth-order valence-corrected chi connectivity index (χ4v) is 3.75. The van der Waals surface area contributed by atoms with E-state index >= 15 is 0 Å². The van der Waals surface area contributed by atoms with Gasteiger partial charge >= 0.3 is 5.97 Å². The molecule has 38 heavy (non-hydrogen) atoms. The quantitative estimate of drug-likeness (QED) is 0.208. The van der Waals surface area contributed by atoms with Crippen LogP contribution in [0.5, 0.6) is 11.5 Å². The van der Waals surface area contributed by atoms with Gasteiger partial charge < -0.3 is 24.8 Å². The molecule has 3 aromatic rings. The highest BCUT2D eigenvalue weighted by atomic mass is 79.9.